The summed E-state index contributed by atoms with van der Waals surface area (Å²) in [4.78, 5) is 17.6. The highest BCUT2D eigenvalue weighted by atomic mass is 16.2. The lowest BCUT2D eigenvalue weighted by molar-refractivity contribution is 0.0778. The number of hydrogen-bond donors (Lipinski definition) is 1. The molecule has 2 fully saturated rings. The molecule has 5 nitrogen and oxygen atoms in total. The van der Waals surface area contributed by atoms with E-state index < -0.39 is 0 Å². The normalized spacial score (nSPS) is 19.9. The fraction of sp³-hybridized carbons (Fsp3) is 0.545. The fourth-order valence-electron chi connectivity index (χ4n) is 4.42. The molecular formula is C22H30N4O. The third-order valence-corrected chi connectivity index (χ3v) is 6.12. The van der Waals surface area contributed by atoms with Gasteiger partial charge in [0.05, 0.1) is 5.69 Å². The van der Waals surface area contributed by atoms with Gasteiger partial charge < -0.3 is 4.90 Å². The van der Waals surface area contributed by atoms with Gasteiger partial charge in [0, 0.05) is 41.9 Å². The van der Waals surface area contributed by atoms with Gasteiger partial charge in [0.15, 0.2) is 0 Å². The third-order valence-electron chi connectivity index (χ3n) is 6.12. The number of likely N-dealkylation sites (N-methyl/N-ethyl adjacent to an activating group) is 1. The van der Waals surface area contributed by atoms with Crippen molar-refractivity contribution in [2.24, 2.45) is 0 Å². The maximum absolute atomic E-state index is 13.1. The van der Waals surface area contributed by atoms with E-state index in [9.17, 15) is 4.79 Å². The van der Waals surface area contributed by atoms with Crippen LogP contribution in [0.4, 0.5) is 0 Å². The number of rotatable bonds is 6. The Hall–Kier alpha value is -2.14. The fourth-order valence-corrected chi connectivity index (χ4v) is 4.42. The van der Waals surface area contributed by atoms with E-state index in [2.05, 4.69) is 48.0 Å². The molecule has 0 spiro atoms. The lowest BCUT2D eigenvalue weighted by Gasteiger charge is -2.26. The van der Waals surface area contributed by atoms with Crippen LogP contribution in [-0.2, 0) is 0 Å². The second-order valence-electron chi connectivity index (χ2n) is 7.88. The van der Waals surface area contributed by atoms with Crippen molar-refractivity contribution in [2.45, 2.75) is 52.0 Å². The van der Waals surface area contributed by atoms with Gasteiger partial charge >= 0.3 is 0 Å². The summed E-state index contributed by atoms with van der Waals surface area (Å²) in [6.07, 6.45) is 3.51. The van der Waals surface area contributed by atoms with Crippen LogP contribution in [-0.4, -0.2) is 58.1 Å². The topological polar surface area (TPSA) is 52.2 Å². The van der Waals surface area contributed by atoms with Crippen molar-refractivity contribution in [2.75, 3.05) is 26.2 Å². The predicted octanol–water partition coefficient (Wildman–Crippen LogP) is 3.82. The molecule has 1 aromatic carbocycles. The predicted molar refractivity (Wildman–Crippen MR) is 108 cm³/mol. The van der Waals surface area contributed by atoms with Crippen molar-refractivity contribution in [3.05, 3.63) is 41.2 Å². The molecule has 0 radical (unpaired) electrons. The molecule has 1 aromatic heterocycles. The van der Waals surface area contributed by atoms with Crippen LogP contribution < -0.4 is 0 Å². The van der Waals surface area contributed by atoms with Gasteiger partial charge in [-0.25, -0.2) is 0 Å². The van der Waals surface area contributed by atoms with E-state index in [1.807, 2.05) is 17.0 Å². The first-order valence-corrected chi connectivity index (χ1v) is 10.3. The number of carbonyl (C=O) groups excluding carboxylic acids is 1. The molecule has 2 heterocycles. The Labute approximate surface area is 161 Å². The van der Waals surface area contributed by atoms with Gasteiger partial charge in [-0.3, -0.25) is 14.8 Å². The van der Waals surface area contributed by atoms with Crippen LogP contribution in [0.1, 0.15) is 60.8 Å². The third kappa shape index (κ3) is 3.53. The summed E-state index contributed by atoms with van der Waals surface area (Å²) in [6.45, 7) is 10.2. The van der Waals surface area contributed by atoms with Crippen LogP contribution in [0, 0.1) is 6.92 Å². The monoisotopic (exact) mass is 366 g/mol. The quantitative estimate of drug-likeness (QED) is 0.846. The number of aromatic amines is 1. The van der Waals surface area contributed by atoms with Gasteiger partial charge in [-0.2, -0.15) is 5.10 Å². The van der Waals surface area contributed by atoms with E-state index >= 15 is 0 Å². The van der Waals surface area contributed by atoms with Crippen LogP contribution in [0.15, 0.2) is 24.3 Å². The summed E-state index contributed by atoms with van der Waals surface area (Å²) in [6, 6.07) is 8.59. The highest BCUT2D eigenvalue weighted by Crippen LogP contribution is 2.44. The van der Waals surface area contributed by atoms with Crippen molar-refractivity contribution in [3.63, 3.8) is 0 Å². The maximum atomic E-state index is 13.1. The molecule has 2 aliphatic rings. The molecule has 1 saturated carbocycles. The molecule has 1 atom stereocenters. The zero-order valence-electron chi connectivity index (χ0n) is 16.7. The summed E-state index contributed by atoms with van der Waals surface area (Å²) < 4.78 is 0. The Morgan fingerprint density at radius 3 is 2.74 bits per heavy atom. The maximum Gasteiger partial charge on any atom is 0.253 e. The van der Waals surface area contributed by atoms with Crippen molar-refractivity contribution >= 4 is 5.91 Å². The Kier molecular flexibility index (Phi) is 5.04. The van der Waals surface area contributed by atoms with E-state index in [0.29, 0.717) is 12.0 Å². The molecule has 5 heteroatoms. The standard InChI is InChI=1S/C22H30N4O/c1-4-25(5-2)19-11-12-26(14-19)22(27)18-8-6-7-17(13-18)20-15(3)23-24-21(20)16-9-10-16/h6-8,13,16,19H,4-5,9-12,14H2,1-3H3,(H,23,24)/t19-/m0/s1. The summed E-state index contributed by atoms with van der Waals surface area (Å²) in [5, 5.41) is 7.67. The lowest BCUT2D eigenvalue weighted by Crippen LogP contribution is -2.38. The van der Waals surface area contributed by atoms with Gasteiger partial charge in [0.1, 0.15) is 0 Å². The summed E-state index contributed by atoms with van der Waals surface area (Å²) in [7, 11) is 0. The highest BCUT2D eigenvalue weighted by Gasteiger charge is 2.31. The number of benzene rings is 1. The molecule has 1 N–H and O–H groups in total. The van der Waals surface area contributed by atoms with Crippen molar-refractivity contribution in [1.82, 2.24) is 20.0 Å². The molecule has 2 aromatic rings. The SMILES string of the molecule is CCN(CC)[C@H]1CCN(C(=O)c2cccc(-c3c(C4CC4)n[nH]c3C)c2)C1. The number of carbonyl (C=O) groups is 1. The van der Waals surface area contributed by atoms with Gasteiger partial charge in [0.2, 0.25) is 0 Å². The van der Waals surface area contributed by atoms with Crippen LogP contribution in [0.25, 0.3) is 11.1 Å². The van der Waals surface area contributed by atoms with Gasteiger partial charge in [-0.15, -0.1) is 0 Å². The average molecular weight is 367 g/mol. The molecule has 144 valence electrons. The van der Waals surface area contributed by atoms with E-state index in [1.165, 1.54) is 24.1 Å². The number of amides is 1. The molecule has 1 aliphatic heterocycles. The van der Waals surface area contributed by atoms with Gasteiger partial charge in [-0.1, -0.05) is 26.0 Å². The Morgan fingerprint density at radius 1 is 1.26 bits per heavy atom. The molecule has 4 rings (SSSR count). The van der Waals surface area contributed by atoms with Crippen LogP contribution in [0.2, 0.25) is 0 Å². The van der Waals surface area contributed by atoms with Crippen LogP contribution in [0.5, 0.6) is 0 Å². The van der Waals surface area contributed by atoms with E-state index in [0.717, 1.165) is 49.4 Å². The number of hydrogen-bond acceptors (Lipinski definition) is 3. The number of nitrogens with zero attached hydrogens (tertiary/aromatic N) is 3. The zero-order valence-corrected chi connectivity index (χ0v) is 16.7. The molecule has 1 amide bonds. The van der Waals surface area contributed by atoms with Crippen molar-refractivity contribution in [3.8, 4) is 11.1 Å². The van der Waals surface area contributed by atoms with Crippen molar-refractivity contribution < 1.29 is 4.79 Å². The molecular weight excluding hydrogens is 336 g/mol. The average Bonchev–Trinajstić information content (AvgIpc) is 3.29. The Bertz CT molecular complexity index is 819. The first-order chi connectivity index (χ1) is 13.1. The first-order valence-electron chi connectivity index (χ1n) is 10.3. The van der Waals surface area contributed by atoms with Crippen LogP contribution in [0.3, 0.4) is 0 Å². The van der Waals surface area contributed by atoms with Crippen molar-refractivity contribution in [1.29, 1.82) is 0 Å². The molecule has 0 bridgehead atoms. The minimum Gasteiger partial charge on any atom is -0.337 e. The second-order valence-corrected chi connectivity index (χ2v) is 7.88. The zero-order chi connectivity index (χ0) is 19.0. The summed E-state index contributed by atoms with van der Waals surface area (Å²) >= 11 is 0. The van der Waals surface area contributed by atoms with E-state index in [4.69, 9.17) is 0 Å². The summed E-state index contributed by atoms with van der Waals surface area (Å²) in [5.41, 5.74) is 5.34. The Balaban J connectivity index is 1.55. The molecule has 1 aliphatic carbocycles. The minimum absolute atomic E-state index is 0.153. The van der Waals surface area contributed by atoms with E-state index in [-0.39, 0.29) is 5.91 Å². The largest absolute Gasteiger partial charge is 0.337 e. The Morgan fingerprint density at radius 2 is 2.04 bits per heavy atom. The molecule has 1 saturated heterocycles. The minimum atomic E-state index is 0.153. The highest BCUT2D eigenvalue weighted by molar-refractivity contribution is 5.96. The summed E-state index contributed by atoms with van der Waals surface area (Å²) in [5.74, 6) is 0.735. The van der Waals surface area contributed by atoms with Gasteiger partial charge in [-0.05, 0) is 57.0 Å². The first kappa shape index (κ1) is 18.2. The number of nitrogens with one attached hydrogen (secondary N) is 1. The number of aromatic nitrogens is 2. The number of aryl methyl sites for hydroxylation is 1. The number of likely N-dealkylation sites (tertiary alicyclic amines) is 1. The second kappa shape index (κ2) is 7.47. The number of H-pyrrole nitrogens is 1. The lowest BCUT2D eigenvalue weighted by atomic mass is 9.99. The molecule has 27 heavy (non-hydrogen) atoms. The van der Waals surface area contributed by atoms with Gasteiger partial charge in [0.25, 0.3) is 5.91 Å². The smallest absolute Gasteiger partial charge is 0.253 e. The van der Waals surface area contributed by atoms with E-state index in [1.54, 1.807) is 0 Å². The van der Waals surface area contributed by atoms with Crippen LogP contribution >= 0.6 is 0 Å². The molecule has 0 unspecified atom stereocenters.